The second kappa shape index (κ2) is 4.44. The summed E-state index contributed by atoms with van der Waals surface area (Å²) in [5, 5.41) is 9.51. The zero-order chi connectivity index (χ0) is 13.3. The Kier molecular flexibility index (Phi) is 3.11. The highest BCUT2D eigenvalue weighted by Crippen LogP contribution is 2.35. The van der Waals surface area contributed by atoms with Gasteiger partial charge >= 0.3 is 12.1 Å². The van der Waals surface area contributed by atoms with Crippen molar-refractivity contribution in [3.05, 3.63) is 34.8 Å². The van der Waals surface area contributed by atoms with Gasteiger partial charge in [-0.3, -0.25) is 9.79 Å². The predicted octanol–water partition coefficient (Wildman–Crippen LogP) is 1.12. The molecular formula is C12H10F3NO2. The van der Waals surface area contributed by atoms with Gasteiger partial charge in [-0.2, -0.15) is 13.2 Å². The van der Waals surface area contributed by atoms with E-state index < -0.39 is 24.5 Å². The van der Waals surface area contributed by atoms with Crippen LogP contribution >= 0.6 is 0 Å². The van der Waals surface area contributed by atoms with E-state index >= 15 is 0 Å². The highest BCUT2D eigenvalue weighted by Gasteiger charge is 2.43. The van der Waals surface area contributed by atoms with Gasteiger partial charge in [-0.15, -0.1) is 0 Å². The van der Waals surface area contributed by atoms with Crippen molar-refractivity contribution in [2.75, 3.05) is 6.54 Å². The van der Waals surface area contributed by atoms with E-state index in [0.29, 0.717) is 10.6 Å². The van der Waals surface area contributed by atoms with E-state index in [1.165, 1.54) is 0 Å². The fraction of sp³-hybridized carbons (Fsp3) is 0.333. The largest absolute Gasteiger partial charge is 0.481 e. The smallest absolute Gasteiger partial charge is 0.396 e. The fourth-order valence-corrected chi connectivity index (χ4v) is 2.05. The van der Waals surface area contributed by atoms with E-state index in [9.17, 15) is 18.0 Å². The summed E-state index contributed by atoms with van der Waals surface area (Å²) < 4.78 is 38.7. The summed E-state index contributed by atoms with van der Waals surface area (Å²) in [6, 6.07) is 6.47. The molecule has 3 nitrogen and oxygen atoms in total. The molecule has 1 heterocycles. The second-order valence-corrected chi connectivity index (χ2v) is 4.05. The highest BCUT2D eigenvalue weighted by atomic mass is 19.4. The molecule has 0 saturated carbocycles. The van der Waals surface area contributed by atoms with Gasteiger partial charge in [0.2, 0.25) is 0 Å². The van der Waals surface area contributed by atoms with Crippen LogP contribution in [0.4, 0.5) is 13.2 Å². The maximum Gasteiger partial charge on any atom is 0.396 e. The number of hydrogen-bond donors (Lipinski definition) is 1. The van der Waals surface area contributed by atoms with Gasteiger partial charge in [-0.05, 0) is 11.6 Å². The molecule has 1 aromatic rings. The molecule has 96 valence electrons. The van der Waals surface area contributed by atoms with E-state index in [1.807, 2.05) is 0 Å². The van der Waals surface area contributed by atoms with Crippen LogP contribution in [0.15, 0.2) is 29.3 Å². The minimum atomic E-state index is -4.57. The zero-order valence-corrected chi connectivity index (χ0v) is 9.24. The van der Waals surface area contributed by atoms with Crippen LogP contribution in [0.1, 0.15) is 6.42 Å². The molecule has 0 spiro atoms. The molecule has 1 aromatic carbocycles. The summed E-state index contributed by atoms with van der Waals surface area (Å²) in [6.45, 7) is -0.0865. The summed E-state index contributed by atoms with van der Waals surface area (Å²) in [5.74, 6) is -3.43. The van der Waals surface area contributed by atoms with Crippen molar-refractivity contribution in [3.8, 4) is 0 Å². The van der Waals surface area contributed by atoms with Gasteiger partial charge in [0, 0.05) is 5.22 Å². The third-order valence-electron chi connectivity index (χ3n) is 2.86. The lowest BCUT2D eigenvalue weighted by Gasteiger charge is -2.19. The molecule has 18 heavy (non-hydrogen) atoms. The van der Waals surface area contributed by atoms with Crippen LogP contribution < -0.4 is 10.6 Å². The molecule has 0 unspecified atom stereocenters. The van der Waals surface area contributed by atoms with Crippen LogP contribution in [0.2, 0.25) is 0 Å². The summed E-state index contributed by atoms with van der Waals surface area (Å²) in [4.78, 5) is 14.6. The first-order valence-electron chi connectivity index (χ1n) is 5.30. The number of hydrogen-bond acceptors (Lipinski definition) is 2. The van der Waals surface area contributed by atoms with Gasteiger partial charge in [0.25, 0.3) is 0 Å². The van der Waals surface area contributed by atoms with E-state index in [1.54, 1.807) is 24.3 Å². The summed E-state index contributed by atoms with van der Waals surface area (Å²) in [5.41, 5.74) is 0.0421. The van der Waals surface area contributed by atoms with Crippen LogP contribution in [-0.2, 0) is 4.79 Å². The highest BCUT2D eigenvalue weighted by molar-refractivity contribution is 5.70. The van der Waals surface area contributed by atoms with Crippen molar-refractivity contribution in [1.82, 2.24) is 0 Å². The number of carboxylic acid groups (broad SMARTS) is 1. The molecule has 0 saturated heterocycles. The monoisotopic (exact) mass is 257 g/mol. The first-order valence-corrected chi connectivity index (χ1v) is 5.30. The van der Waals surface area contributed by atoms with E-state index in [0.717, 1.165) is 0 Å². The first kappa shape index (κ1) is 12.6. The lowest BCUT2D eigenvalue weighted by molar-refractivity contribution is -0.169. The third-order valence-corrected chi connectivity index (χ3v) is 2.86. The van der Waals surface area contributed by atoms with Crippen molar-refractivity contribution < 1.29 is 23.1 Å². The van der Waals surface area contributed by atoms with E-state index in [-0.39, 0.29) is 12.1 Å². The third kappa shape index (κ3) is 2.37. The lowest BCUT2D eigenvalue weighted by Crippen LogP contribution is -2.32. The van der Waals surface area contributed by atoms with Crippen LogP contribution in [0.5, 0.6) is 0 Å². The number of fused-ring (bicyclic) bond motifs is 1. The average Bonchev–Trinajstić information content (AvgIpc) is 2.67. The molecule has 2 rings (SSSR count). The number of halogens is 3. The minimum absolute atomic E-state index is 0.0421. The summed E-state index contributed by atoms with van der Waals surface area (Å²) >= 11 is 0. The Morgan fingerprint density at radius 1 is 1.39 bits per heavy atom. The van der Waals surface area contributed by atoms with Gasteiger partial charge < -0.3 is 5.11 Å². The number of aliphatic carboxylic acids is 1. The second-order valence-electron chi connectivity index (χ2n) is 4.05. The van der Waals surface area contributed by atoms with Crippen molar-refractivity contribution in [3.63, 3.8) is 0 Å². The summed E-state index contributed by atoms with van der Waals surface area (Å²) in [6.07, 6.45) is -5.52. The fourth-order valence-electron chi connectivity index (χ4n) is 2.05. The first-order chi connectivity index (χ1) is 8.39. The Morgan fingerprint density at radius 3 is 2.67 bits per heavy atom. The van der Waals surface area contributed by atoms with Gasteiger partial charge in [-0.1, -0.05) is 18.2 Å². The molecule has 0 aromatic heterocycles. The topological polar surface area (TPSA) is 49.7 Å². The number of nitrogens with zero attached hydrogens (tertiary/aromatic N) is 1. The molecule has 1 aliphatic rings. The Morgan fingerprint density at radius 2 is 2.06 bits per heavy atom. The Bertz CT molecular complexity index is 592. The quantitative estimate of drug-likeness (QED) is 0.882. The number of alkyl halides is 3. The van der Waals surface area contributed by atoms with E-state index in [4.69, 9.17) is 5.11 Å². The van der Waals surface area contributed by atoms with Crippen LogP contribution in [-0.4, -0.2) is 23.8 Å². The van der Waals surface area contributed by atoms with Crippen LogP contribution in [0.3, 0.4) is 0 Å². The number of carbonyl (C=O) groups is 1. The van der Waals surface area contributed by atoms with Crippen LogP contribution in [0.25, 0.3) is 5.57 Å². The minimum Gasteiger partial charge on any atom is -0.481 e. The van der Waals surface area contributed by atoms with Crippen molar-refractivity contribution >= 4 is 11.5 Å². The molecule has 0 bridgehead atoms. The number of para-hydroxylation sites is 1. The van der Waals surface area contributed by atoms with Gasteiger partial charge in [-0.25, -0.2) is 0 Å². The molecule has 0 amide bonds. The number of carboxylic acids is 1. The predicted molar refractivity (Wildman–Crippen MR) is 57.3 cm³/mol. The van der Waals surface area contributed by atoms with E-state index in [2.05, 4.69) is 4.99 Å². The average molecular weight is 257 g/mol. The number of benzene rings is 1. The van der Waals surface area contributed by atoms with Crippen LogP contribution in [0, 0.1) is 5.92 Å². The zero-order valence-electron chi connectivity index (χ0n) is 9.24. The maximum absolute atomic E-state index is 12.9. The van der Waals surface area contributed by atoms with Gasteiger partial charge in [0.15, 0.2) is 0 Å². The van der Waals surface area contributed by atoms with Crippen molar-refractivity contribution in [2.24, 2.45) is 10.9 Å². The van der Waals surface area contributed by atoms with Crippen molar-refractivity contribution in [1.29, 1.82) is 0 Å². The van der Waals surface area contributed by atoms with Crippen molar-refractivity contribution in [2.45, 2.75) is 12.6 Å². The number of rotatable bonds is 3. The molecule has 0 radical (unpaired) electrons. The summed E-state index contributed by atoms with van der Waals surface area (Å²) in [7, 11) is 0. The Labute approximate surface area is 100 Å². The standard InChI is InChI=1S/C12H10F3NO2/c13-12(14,15)9(5-11(17)18)8-6-16-10-4-2-1-3-7(8)10/h1-4,9H,5-6H2,(H,17,18)/t9-/m1/s1. The molecule has 1 atom stereocenters. The lowest BCUT2D eigenvalue weighted by atomic mass is 9.93. The SMILES string of the molecule is O=C(O)C[C@H](C1=c2ccccc2=NC1)C(F)(F)F. The molecule has 1 N–H and O–H groups in total. The molecule has 0 fully saturated rings. The molecule has 1 aliphatic heterocycles. The normalized spacial score (nSPS) is 16.1. The van der Waals surface area contributed by atoms with Gasteiger partial charge in [0.05, 0.1) is 24.2 Å². The molecular weight excluding hydrogens is 247 g/mol. The van der Waals surface area contributed by atoms with Gasteiger partial charge in [0.1, 0.15) is 0 Å². The maximum atomic E-state index is 12.9. The molecule has 0 aliphatic carbocycles. The Balaban J connectivity index is 2.53. The molecule has 6 heteroatoms. The Hall–Kier alpha value is -1.85.